The number of hydrogen-bond acceptors (Lipinski definition) is 7. The van der Waals surface area contributed by atoms with Gasteiger partial charge < -0.3 is 14.3 Å². The van der Waals surface area contributed by atoms with Crippen molar-refractivity contribution < 1.29 is 23.9 Å². The lowest BCUT2D eigenvalue weighted by atomic mass is 10.2. The SMILES string of the molecule is N=C(OCc1ccccc1)C(=O)OC(=O)C=NOCc1ccccc1. The molecule has 0 heterocycles. The zero-order chi connectivity index (χ0) is 17.9. The van der Waals surface area contributed by atoms with Gasteiger partial charge in [-0.2, -0.15) is 0 Å². The van der Waals surface area contributed by atoms with Crippen molar-refractivity contribution in [2.75, 3.05) is 0 Å². The Morgan fingerprint density at radius 3 is 2.08 bits per heavy atom. The highest BCUT2D eigenvalue weighted by Crippen LogP contribution is 2.02. The van der Waals surface area contributed by atoms with Crippen molar-refractivity contribution in [3.05, 3.63) is 71.8 Å². The molecular weight excluding hydrogens is 324 g/mol. The molecule has 0 unspecified atom stereocenters. The second-order valence-corrected chi connectivity index (χ2v) is 4.81. The largest absolute Gasteiger partial charge is 0.468 e. The van der Waals surface area contributed by atoms with Gasteiger partial charge >= 0.3 is 11.9 Å². The van der Waals surface area contributed by atoms with Crippen LogP contribution in [-0.2, 0) is 37.1 Å². The molecule has 0 atom stereocenters. The predicted octanol–water partition coefficient (Wildman–Crippen LogP) is 2.45. The van der Waals surface area contributed by atoms with Crippen LogP contribution in [0.4, 0.5) is 0 Å². The molecule has 0 spiro atoms. The number of carbonyl (C=O) groups is 2. The zero-order valence-electron chi connectivity index (χ0n) is 13.3. The topological polar surface area (TPSA) is 98.0 Å². The van der Waals surface area contributed by atoms with Crippen molar-refractivity contribution >= 4 is 24.1 Å². The maximum absolute atomic E-state index is 11.5. The van der Waals surface area contributed by atoms with Crippen molar-refractivity contribution in [3.63, 3.8) is 0 Å². The van der Waals surface area contributed by atoms with E-state index in [0.29, 0.717) is 6.21 Å². The molecule has 1 N–H and O–H groups in total. The number of esters is 2. The van der Waals surface area contributed by atoms with Crippen molar-refractivity contribution in [1.29, 1.82) is 5.41 Å². The van der Waals surface area contributed by atoms with E-state index in [1.54, 1.807) is 24.3 Å². The molecular formula is C18H16N2O5. The molecule has 0 radical (unpaired) electrons. The predicted molar refractivity (Wildman–Crippen MR) is 89.8 cm³/mol. The van der Waals surface area contributed by atoms with E-state index in [0.717, 1.165) is 11.1 Å². The molecule has 25 heavy (non-hydrogen) atoms. The van der Waals surface area contributed by atoms with Crippen LogP contribution in [0.5, 0.6) is 0 Å². The summed E-state index contributed by atoms with van der Waals surface area (Å²) in [5, 5.41) is 10.8. The Kier molecular flexibility index (Phi) is 6.87. The standard InChI is InChI=1S/C18H16N2O5/c19-17(23-12-14-7-3-1-4-8-14)18(22)25-16(21)11-20-24-13-15-9-5-2-6-10-15/h1-11,19H,12-13H2. The van der Waals surface area contributed by atoms with Gasteiger partial charge in [-0.1, -0.05) is 65.8 Å². The fourth-order valence-corrected chi connectivity index (χ4v) is 1.72. The average molecular weight is 340 g/mol. The van der Waals surface area contributed by atoms with Gasteiger partial charge in [0.1, 0.15) is 13.2 Å². The Hall–Kier alpha value is -3.48. The summed E-state index contributed by atoms with van der Waals surface area (Å²) in [4.78, 5) is 27.9. The van der Waals surface area contributed by atoms with Crippen LogP contribution >= 0.6 is 0 Å². The molecule has 7 heteroatoms. The van der Waals surface area contributed by atoms with Gasteiger partial charge in [-0.05, 0) is 11.1 Å². The van der Waals surface area contributed by atoms with Crippen molar-refractivity contribution in [2.45, 2.75) is 13.2 Å². The first-order chi connectivity index (χ1) is 12.1. The van der Waals surface area contributed by atoms with E-state index >= 15 is 0 Å². The van der Waals surface area contributed by atoms with Crippen LogP contribution in [0.15, 0.2) is 65.8 Å². The lowest BCUT2D eigenvalue weighted by Crippen LogP contribution is -2.23. The smallest absolute Gasteiger partial charge is 0.401 e. The van der Waals surface area contributed by atoms with Crippen LogP contribution in [0.3, 0.4) is 0 Å². The molecule has 0 aliphatic heterocycles. The quantitative estimate of drug-likeness (QED) is 0.286. The van der Waals surface area contributed by atoms with E-state index < -0.39 is 17.8 Å². The molecule has 7 nitrogen and oxygen atoms in total. The summed E-state index contributed by atoms with van der Waals surface area (Å²) < 4.78 is 9.35. The van der Waals surface area contributed by atoms with Gasteiger partial charge in [0.15, 0.2) is 6.21 Å². The summed E-state index contributed by atoms with van der Waals surface area (Å²) in [7, 11) is 0. The first-order valence-corrected chi connectivity index (χ1v) is 7.36. The van der Waals surface area contributed by atoms with Crippen molar-refractivity contribution in [1.82, 2.24) is 0 Å². The number of oxime groups is 1. The van der Waals surface area contributed by atoms with E-state index in [-0.39, 0.29) is 13.2 Å². The summed E-state index contributed by atoms with van der Waals surface area (Å²) >= 11 is 0. The van der Waals surface area contributed by atoms with Crippen molar-refractivity contribution in [3.8, 4) is 0 Å². The summed E-state index contributed by atoms with van der Waals surface area (Å²) in [5.74, 6) is -3.02. The van der Waals surface area contributed by atoms with Gasteiger partial charge in [-0.3, -0.25) is 5.41 Å². The molecule has 128 valence electrons. The van der Waals surface area contributed by atoms with Gasteiger partial charge in [0.25, 0.3) is 5.90 Å². The second-order valence-electron chi connectivity index (χ2n) is 4.81. The van der Waals surface area contributed by atoms with Crippen LogP contribution < -0.4 is 0 Å². The number of hydrogen-bond donors (Lipinski definition) is 1. The zero-order valence-corrected chi connectivity index (χ0v) is 13.3. The fraction of sp³-hybridized carbons (Fsp3) is 0.111. The number of benzene rings is 2. The minimum Gasteiger partial charge on any atom is -0.468 e. The molecule has 0 amide bonds. The number of nitrogens with one attached hydrogen (secondary N) is 1. The van der Waals surface area contributed by atoms with E-state index in [1.807, 2.05) is 36.4 Å². The van der Waals surface area contributed by atoms with Gasteiger partial charge in [0.05, 0.1) is 0 Å². The molecule has 0 saturated heterocycles. The van der Waals surface area contributed by atoms with Crippen LogP contribution in [0.2, 0.25) is 0 Å². The Morgan fingerprint density at radius 2 is 1.48 bits per heavy atom. The minimum absolute atomic E-state index is 0.0250. The number of ether oxygens (including phenoxy) is 2. The minimum atomic E-state index is -1.20. The summed E-state index contributed by atoms with van der Waals surface area (Å²) in [6.45, 7) is 0.200. The van der Waals surface area contributed by atoms with Crippen LogP contribution in [0.1, 0.15) is 11.1 Å². The van der Waals surface area contributed by atoms with E-state index in [2.05, 4.69) is 9.89 Å². The van der Waals surface area contributed by atoms with E-state index in [4.69, 9.17) is 15.0 Å². The number of nitrogens with zero attached hydrogens (tertiary/aromatic N) is 1. The highest BCUT2D eigenvalue weighted by molar-refractivity contribution is 6.37. The van der Waals surface area contributed by atoms with Gasteiger partial charge in [0.2, 0.25) is 0 Å². The third-order valence-electron chi connectivity index (χ3n) is 2.91. The maximum Gasteiger partial charge on any atom is 0.401 e. The molecule has 0 fully saturated rings. The number of rotatable bonds is 6. The van der Waals surface area contributed by atoms with Gasteiger partial charge in [-0.15, -0.1) is 0 Å². The molecule has 0 aliphatic carbocycles. The summed E-state index contributed by atoms with van der Waals surface area (Å²) in [5.41, 5.74) is 1.66. The molecule has 0 bridgehead atoms. The maximum atomic E-state index is 11.5. The number of carbonyl (C=O) groups excluding carboxylic acids is 2. The molecule has 2 aromatic rings. The first kappa shape index (κ1) is 17.9. The molecule has 2 aromatic carbocycles. The van der Waals surface area contributed by atoms with Gasteiger partial charge in [0, 0.05) is 0 Å². The third-order valence-corrected chi connectivity index (χ3v) is 2.91. The Morgan fingerprint density at radius 1 is 0.920 bits per heavy atom. The molecule has 0 aliphatic rings. The van der Waals surface area contributed by atoms with Gasteiger partial charge in [-0.25, -0.2) is 9.59 Å². The van der Waals surface area contributed by atoms with Crippen LogP contribution in [-0.4, -0.2) is 24.1 Å². The molecule has 0 saturated carbocycles. The molecule has 2 rings (SSSR count). The summed E-state index contributed by atoms with van der Waals surface area (Å²) in [6, 6.07) is 18.2. The monoisotopic (exact) mass is 340 g/mol. The van der Waals surface area contributed by atoms with E-state index in [9.17, 15) is 9.59 Å². The first-order valence-electron chi connectivity index (χ1n) is 7.36. The lowest BCUT2D eigenvalue weighted by molar-refractivity contribution is -0.150. The Bertz CT molecular complexity index is 745. The van der Waals surface area contributed by atoms with Crippen LogP contribution in [0.25, 0.3) is 0 Å². The van der Waals surface area contributed by atoms with E-state index in [1.165, 1.54) is 0 Å². The third kappa shape index (κ3) is 6.66. The van der Waals surface area contributed by atoms with Crippen LogP contribution in [0, 0.1) is 5.41 Å². The van der Waals surface area contributed by atoms with Crippen molar-refractivity contribution in [2.24, 2.45) is 5.16 Å². The average Bonchev–Trinajstić information content (AvgIpc) is 2.65. The summed E-state index contributed by atoms with van der Waals surface area (Å²) in [6.07, 6.45) is 0.714. The molecule has 0 aromatic heterocycles. The highest BCUT2D eigenvalue weighted by Gasteiger charge is 2.16. The second kappa shape index (κ2) is 9.61. The lowest BCUT2D eigenvalue weighted by Gasteiger charge is -2.05. The Balaban J connectivity index is 1.69. The normalized spacial score (nSPS) is 10.2. The highest BCUT2D eigenvalue weighted by atomic mass is 16.6. The fourth-order valence-electron chi connectivity index (χ4n) is 1.72. The Labute approximate surface area is 144 Å².